The Balaban J connectivity index is 1.83. The Hall–Kier alpha value is -3.30. The molecule has 10 heteroatoms. The molecule has 0 amide bonds. The van der Waals surface area contributed by atoms with E-state index in [-0.39, 0.29) is 10.5 Å². The van der Waals surface area contributed by atoms with E-state index in [1.54, 1.807) is 42.5 Å². The largest absolute Gasteiger partial charge is 0.493 e. The minimum absolute atomic E-state index is 0.0595. The number of carbonyl (C=O) groups is 1. The summed E-state index contributed by atoms with van der Waals surface area (Å²) in [4.78, 5) is 24.0. The summed E-state index contributed by atoms with van der Waals surface area (Å²) in [5.74, 6) is 0.00229. The van der Waals surface area contributed by atoms with Gasteiger partial charge in [-0.3, -0.25) is 9.89 Å². The molecule has 0 atom stereocenters. The van der Waals surface area contributed by atoms with Crippen molar-refractivity contribution in [3.05, 3.63) is 79.9 Å². The van der Waals surface area contributed by atoms with E-state index in [1.807, 2.05) is 0 Å². The number of esters is 1. The van der Waals surface area contributed by atoms with Crippen LogP contribution in [0.3, 0.4) is 0 Å². The Kier molecular flexibility index (Phi) is 5.97. The second-order valence-electron chi connectivity index (χ2n) is 5.38. The van der Waals surface area contributed by atoms with E-state index in [0.717, 1.165) is 10.9 Å². The molecular weight excluding hydrogens is 404 g/mol. The highest BCUT2D eigenvalue weighted by molar-refractivity contribution is 7.71. The minimum atomic E-state index is -0.550. The molecule has 1 heterocycles. The number of nitrogens with one attached hydrogen (secondary N) is 1. The van der Waals surface area contributed by atoms with Crippen molar-refractivity contribution in [3.63, 3.8) is 0 Å². The van der Waals surface area contributed by atoms with Gasteiger partial charge in [-0.15, -0.1) is 0 Å². The van der Waals surface area contributed by atoms with Gasteiger partial charge >= 0.3 is 5.97 Å². The Bertz CT molecular complexity index is 1130. The number of rotatable bonds is 5. The average molecular weight is 417 g/mol. The Morgan fingerprint density at radius 2 is 2.00 bits per heavy atom. The first-order chi connectivity index (χ1) is 13.5. The maximum atomic E-state index is 12.3. The molecule has 3 aromatic rings. The summed E-state index contributed by atoms with van der Waals surface area (Å²) in [6.07, 6.45) is 2.48. The standard InChI is InChI=1S/C18H13ClN4O4S/c1-26-15-8-11(9-21-23-16(24)10-20-22-18(23)28)2-7-14(15)27-17(25)12-3-5-13(19)6-4-12/h2-10H,1H3,(H,22,28)/b21-9+. The third-order valence-corrected chi connectivity index (χ3v) is 4.05. The number of carbonyl (C=O) groups excluding carboxylic acids is 1. The number of hydrogen-bond acceptors (Lipinski definition) is 7. The number of hydrogen-bond donors (Lipinski definition) is 1. The molecule has 0 bridgehead atoms. The molecule has 0 fully saturated rings. The third-order valence-electron chi connectivity index (χ3n) is 3.53. The van der Waals surface area contributed by atoms with Gasteiger partial charge in [-0.1, -0.05) is 11.6 Å². The molecule has 0 aliphatic heterocycles. The van der Waals surface area contributed by atoms with E-state index in [1.165, 1.54) is 13.3 Å². The molecule has 28 heavy (non-hydrogen) atoms. The van der Waals surface area contributed by atoms with Gasteiger partial charge in [0.05, 0.1) is 18.9 Å². The zero-order valence-corrected chi connectivity index (χ0v) is 16.0. The number of aromatic nitrogens is 3. The molecule has 3 rings (SSSR count). The zero-order valence-electron chi connectivity index (χ0n) is 14.5. The van der Waals surface area contributed by atoms with E-state index in [4.69, 9.17) is 33.3 Å². The average Bonchev–Trinajstić information content (AvgIpc) is 2.69. The maximum Gasteiger partial charge on any atom is 0.343 e. The molecule has 0 spiro atoms. The van der Waals surface area contributed by atoms with Crippen molar-refractivity contribution in [3.8, 4) is 11.5 Å². The van der Waals surface area contributed by atoms with Crippen LogP contribution >= 0.6 is 23.8 Å². The van der Waals surface area contributed by atoms with E-state index in [0.29, 0.717) is 21.9 Å². The second-order valence-corrected chi connectivity index (χ2v) is 6.20. The number of benzene rings is 2. The van der Waals surface area contributed by atoms with Crippen LogP contribution < -0.4 is 15.0 Å². The topological polar surface area (TPSA) is 98.6 Å². The third kappa shape index (κ3) is 4.51. The first-order valence-corrected chi connectivity index (χ1v) is 8.63. The molecule has 1 N–H and O–H groups in total. The SMILES string of the molecule is COc1cc(/C=N/n2c(=O)cn[nH]c2=S)ccc1OC(=O)c1ccc(Cl)cc1. The van der Waals surface area contributed by atoms with Gasteiger partial charge in [-0.2, -0.15) is 14.9 Å². The molecule has 0 aliphatic carbocycles. The molecule has 0 radical (unpaired) electrons. The summed E-state index contributed by atoms with van der Waals surface area (Å²) in [5.41, 5.74) is 0.477. The summed E-state index contributed by atoms with van der Waals surface area (Å²) in [6.45, 7) is 0. The van der Waals surface area contributed by atoms with Gasteiger partial charge < -0.3 is 9.47 Å². The summed E-state index contributed by atoms with van der Waals surface area (Å²) >= 11 is 10.8. The lowest BCUT2D eigenvalue weighted by atomic mass is 10.2. The Morgan fingerprint density at radius 1 is 1.25 bits per heavy atom. The summed E-state index contributed by atoms with van der Waals surface area (Å²) in [5, 5.41) is 10.6. The van der Waals surface area contributed by atoms with Crippen LogP contribution in [0.4, 0.5) is 0 Å². The van der Waals surface area contributed by atoms with Crippen LogP contribution in [-0.4, -0.2) is 34.2 Å². The fourth-order valence-corrected chi connectivity index (χ4v) is 2.49. The lowest BCUT2D eigenvalue weighted by molar-refractivity contribution is 0.0729. The number of halogens is 1. The summed E-state index contributed by atoms with van der Waals surface area (Å²) in [6, 6.07) is 11.1. The first-order valence-electron chi connectivity index (χ1n) is 7.85. The highest BCUT2D eigenvalue weighted by Gasteiger charge is 2.13. The minimum Gasteiger partial charge on any atom is -0.493 e. The van der Waals surface area contributed by atoms with Gasteiger partial charge in [0.2, 0.25) is 4.77 Å². The van der Waals surface area contributed by atoms with Crippen LogP contribution in [0.5, 0.6) is 11.5 Å². The molecule has 2 aromatic carbocycles. The lowest BCUT2D eigenvalue weighted by Gasteiger charge is -2.10. The van der Waals surface area contributed by atoms with Gasteiger partial charge in [-0.25, -0.2) is 4.79 Å². The van der Waals surface area contributed by atoms with Crippen LogP contribution in [-0.2, 0) is 0 Å². The molecule has 0 saturated carbocycles. The Morgan fingerprint density at radius 3 is 2.68 bits per heavy atom. The fourth-order valence-electron chi connectivity index (χ4n) is 2.17. The van der Waals surface area contributed by atoms with Crippen molar-refractivity contribution in [2.75, 3.05) is 7.11 Å². The molecule has 142 valence electrons. The molecule has 1 aromatic heterocycles. The predicted molar refractivity (Wildman–Crippen MR) is 106 cm³/mol. The van der Waals surface area contributed by atoms with Crippen molar-refractivity contribution in [1.82, 2.24) is 14.9 Å². The molecular formula is C18H13ClN4O4S. The quantitative estimate of drug-likeness (QED) is 0.297. The van der Waals surface area contributed by atoms with Gasteiger partial charge in [0.1, 0.15) is 6.20 Å². The number of nitrogens with zero attached hydrogens (tertiary/aromatic N) is 3. The van der Waals surface area contributed by atoms with Crippen molar-refractivity contribution < 1.29 is 14.3 Å². The predicted octanol–water partition coefficient (Wildman–Crippen LogP) is 3.06. The van der Waals surface area contributed by atoms with Crippen LogP contribution in [0.25, 0.3) is 0 Å². The van der Waals surface area contributed by atoms with Gasteiger partial charge in [0.15, 0.2) is 11.5 Å². The number of ether oxygens (including phenoxy) is 2. The van der Waals surface area contributed by atoms with Crippen molar-refractivity contribution >= 4 is 36.0 Å². The van der Waals surface area contributed by atoms with Crippen molar-refractivity contribution in [2.24, 2.45) is 5.10 Å². The van der Waals surface area contributed by atoms with Crippen molar-refractivity contribution in [1.29, 1.82) is 0 Å². The lowest BCUT2D eigenvalue weighted by Crippen LogP contribution is -2.18. The van der Waals surface area contributed by atoms with E-state index < -0.39 is 11.5 Å². The van der Waals surface area contributed by atoms with Crippen molar-refractivity contribution in [2.45, 2.75) is 0 Å². The number of aromatic amines is 1. The normalized spacial score (nSPS) is 10.8. The van der Waals surface area contributed by atoms with Crippen LogP contribution in [0.15, 0.2) is 58.6 Å². The van der Waals surface area contributed by atoms with E-state index in [9.17, 15) is 9.59 Å². The monoisotopic (exact) mass is 416 g/mol. The van der Waals surface area contributed by atoms with Crippen LogP contribution in [0.2, 0.25) is 5.02 Å². The highest BCUT2D eigenvalue weighted by Crippen LogP contribution is 2.28. The van der Waals surface area contributed by atoms with E-state index >= 15 is 0 Å². The smallest absolute Gasteiger partial charge is 0.343 e. The fraction of sp³-hybridized carbons (Fsp3) is 0.0556. The summed E-state index contributed by atoms with van der Waals surface area (Å²) in [7, 11) is 1.44. The summed E-state index contributed by atoms with van der Waals surface area (Å²) < 4.78 is 11.7. The molecule has 8 nitrogen and oxygen atoms in total. The van der Waals surface area contributed by atoms with Gasteiger partial charge in [0.25, 0.3) is 5.56 Å². The second kappa shape index (κ2) is 8.59. The molecule has 0 saturated heterocycles. The highest BCUT2D eigenvalue weighted by atomic mass is 35.5. The zero-order chi connectivity index (χ0) is 20.1. The van der Waals surface area contributed by atoms with Gasteiger partial charge in [-0.05, 0) is 60.2 Å². The maximum absolute atomic E-state index is 12.3. The van der Waals surface area contributed by atoms with E-state index in [2.05, 4.69) is 15.3 Å². The van der Waals surface area contributed by atoms with Crippen LogP contribution in [0.1, 0.15) is 15.9 Å². The molecule has 0 aliphatic rings. The first kappa shape index (κ1) is 19.5. The number of H-pyrrole nitrogens is 1. The molecule has 0 unspecified atom stereocenters. The van der Waals surface area contributed by atoms with Crippen LogP contribution in [0, 0.1) is 4.77 Å². The van der Waals surface area contributed by atoms with Gasteiger partial charge in [0, 0.05) is 5.02 Å². The number of methoxy groups -OCH3 is 1. The Labute approximate surface area is 169 Å².